The maximum atomic E-state index is 12.2. The number of hydrogen-bond donors (Lipinski definition) is 2. The lowest BCUT2D eigenvalue weighted by atomic mass is 10.0. The van der Waals surface area contributed by atoms with Crippen molar-refractivity contribution in [3.63, 3.8) is 0 Å². The lowest BCUT2D eigenvalue weighted by Gasteiger charge is -2.11. The molecule has 0 spiro atoms. The molecule has 8 heteroatoms. The maximum absolute atomic E-state index is 12.2. The number of aliphatic hydroxyl groups excluding tert-OH is 1. The molecule has 0 amide bonds. The number of aromatic nitrogens is 5. The van der Waals surface area contributed by atoms with Gasteiger partial charge in [-0.25, -0.2) is 15.0 Å². The molecule has 1 fully saturated rings. The molecule has 0 bridgehead atoms. The Kier molecular flexibility index (Phi) is 4.02. The first-order valence-electron chi connectivity index (χ1n) is 9.58. The number of rotatable bonds is 5. The summed E-state index contributed by atoms with van der Waals surface area (Å²) in [4.78, 5) is 26.3. The van der Waals surface area contributed by atoms with Gasteiger partial charge in [-0.3, -0.25) is 9.48 Å². The highest BCUT2D eigenvalue weighted by molar-refractivity contribution is 6.11. The van der Waals surface area contributed by atoms with E-state index in [1.54, 1.807) is 29.2 Å². The standard InChI is InChI=1S/C21H20N6O2/c1-11(28)20(29)12-3-6-15-16-9-22-21(24-14-4-5-14)26-19(16)18(25-17(15)7-12)13-8-23-27(2)10-13/h3,6-11,14,28H,4-5H2,1-2H3,(H,22,24,26). The van der Waals surface area contributed by atoms with E-state index in [9.17, 15) is 9.90 Å². The number of hydrogen-bond acceptors (Lipinski definition) is 7. The number of pyridine rings is 1. The molecule has 1 unspecified atom stereocenters. The largest absolute Gasteiger partial charge is 0.385 e. The van der Waals surface area contributed by atoms with E-state index >= 15 is 0 Å². The highest BCUT2D eigenvalue weighted by Crippen LogP contribution is 2.32. The summed E-state index contributed by atoms with van der Waals surface area (Å²) in [5.74, 6) is 0.254. The Morgan fingerprint density at radius 2 is 2.07 bits per heavy atom. The van der Waals surface area contributed by atoms with Crippen molar-refractivity contribution in [3.05, 3.63) is 42.4 Å². The number of carbonyl (C=O) groups excluding carboxylic acids is 1. The number of anilines is 1. The van der Waals surface area contributed by atoms with Gasteiger partial charge < -0.3 is 10.4 Å². The van der Waals surface area contributed by atoms with E-state index in [4.69, 9.17) is 9.97 Å². The van der Waals surface area contributed by atoms with Crippen LogP contribution in [0.3, 0.4) is 0 Å². The number of carbonyl (C=O) groups is 1. The molecule has 1 aromatic carbocycles. The summed E-state index contributed by atoms with van der Waals surface area (Å²) in [7, 11) is 1.85. The van der Waals surface area contributed by atoms with Gasteiger partial charge in [0.15, 0.2) is 5.78 Å². The molecule has 0 aliphatic heterocycles. The zero-order valence-electron chi connectivity index (χ0n) is 16.1. The molecule has 4 aromatic rings. The van der Waals surface area contributed by atoms with Gasteiger partial charge in [0.1, 0.15) is 17.3 Å². The summed E-state index contributed by atoms with van der Waals surface area (Å²) >= 11 is 0. The van der Waals surface area contributed by atoms with Crippen LogP contribution < -0.4 is 5.32 Å². The molecule has 1 saturated carbocycles. The van der Waals surface area contributed by atoms with Gasteiger partial charge >= 0.3 is 0 Å². The van der Waals surface area contributed by atoms with Crippen molar-refractivity contribution in [3.8, 4) is 11.3 Å². The number of aryl methyl sites for hydroxylation is 1. The molecule has 3 heterocycles. The minimum Gasteiger partial charge on any atom is -0.385 e. The van der Waals surface area contributed by atoms with Crippen LogP contribution in [0.1, 0.15) is 30.1 Å². The highest BCUT2D eigenvalue weighted by atomic mass is 16.3. The van der Waals surface area contributed by atoms with E-state index in [1.165, 1.54) is 6.92 Å². The SMILES string of the molecule is CC(O)C(=O)c1ccc2c(c1)nc(-c1cnn(C)c1)c1nc(NC3CC3)ncc12. The van der Waals surface area contributed by atoms with Crippen LogP contribution in [-0.2, 0) is 7.05 Å². The van der Waals surface area contributed by atoms with Gasteiger partial charge in [0, 0.05) is 47.4 Å². The molecular formula is C21H20N6O2. The third-order valence-electron chi connectivity index (χ3n) is 5.09. The first-order chi connectivity index (χ1) is 14.0. The summed E-state index contributed by atoms with van der Waals surface area (Å²) in [5, 5.41) is 19.0. The lowest BCUT2D eigenvalue weighted by Crippen LogP contribution is -2.16. The van der Waals surface area contributed by atoms with Crippen LogP contribution in [0.4, 0.5) is 5.95 Å². The molecule has 29 heavy (non-hydrogen) atoms. The second-order valence-corrected chi connectivity index (χ2v) is 7.51. The first kappa shape index (κ1) is 17.7. The van der Waals surface area contributed by atoms with Gasteiger partial charge in [0.05, 0.1) is 11.7 Å². The van der Waals surface area contributed by atoms with E-state index in [0.29, 0.717) is 28.8 Å². The monoisotopic (exact) mass is 388 g/mol. The van der Waals surface area contributed by atoms with Gasteiger partial charge in [-0.05, 0) is 25.8 Å². The van der Waals surface area contributed by atoms with Crippen molar-refractivity contribution in [1.29, 1.82) is 0 Å². The number of nitrogens with zero attached hydrogens (tertiary/aromatic N) is 5. The van der Waals surface area contributed by atoms with Gasteiger partial charge in [-0.1, -0.05) is 12.1 Å². The third kappa shape index (κ3) is 3.21. The Hall–Kier alpha value is -3.39. The smallest absolute Gasteiger partial charge is 0.223 e. The van der Waals surface area contributed by atoms with Crippen LogP contribution in [0.2, 0.25) is 0 Å². The Balaban J connectivity index is 1.76. The molecule has 146 valence electrons. The molecule has 1 aliphatic rings. The van der Waals surface area contributed by atoms with Crippen molar-refractivity contribution in [2.24, 2.45) is 7.05 Å². The lowest BCUT2D eigenvalue weighted by molar-refractivity contribution is 0.0779. The van der Waals surface area contributed by atoms with Crippen LogP contribution in [0.25, 0.3) is 33.1 Å². The van der Waals surface area contributed by atoms with E-state index in [2.05, 4.69) is 15.4 Å². The van der Waals surface area contributed by atoms with Crippen molar-refractivity contribution >= 4 is 33.5 Å². The number of aliphatic hydroxyl groups is 1. The minimum atomic E-state index is -1.06. The van der Waals surface area contributed by atoms with Crippen LogP contribution in [-0.4, -0.2) is 47.8 Å². The zero-order chi connectivity index (χ0) is 20.1. The molecule has 5 rings (SSSR count). The van der Waals surface area contributed by atoms with Crippen LogP contribution in [0.5, 0.6) is 0 Å². The topological polar surface area (TPSA) is 106 Å². The first-order valence-corrected chi connectivity index (χ1v) is 9.58. The summed E-state index contributed by atoms with van der Waals surface area (Å²) in [6, 6.07) is 5.69. The number of benzene rings is 1. The van der Waals surface area contributed by atoms with Gasteiger partial charge in [-0.15, -0.1) is 0 Å². The average Bonchev–Trinajstić information content (AvgIpc) is 3.43. The summed E-state index contributed by atoms with van der Waals surface area (Å²) in [6.07, 6.45) is 6.63. The Labute approximate surface area is 166 Å². The van der Waals surface area contributed by atoms with Gasteiger partial charge in [0.25, 0.3) is 0 Å². The number of Topliss-reactive ketones (excluding diaryl/α,β-unsaturated/α-hetero) is 1. The van der Waals surface area contributed by atoms with Crippen molar-refractivity contribution in [2.45, 2.75) is 31.9 Å². The molecule has 1 aliphatic carbocycles. The molecule has 0 saturated heterocycles. The summed E-state index contributed by atoms with van der Waals surface area (Å²) in [5.41, 5.74) is 3.32. The second kappa shape index (κ2) is 6.59. The third-order valence-corrected chi connectivity index (χ3v) is 5.09. The molecule has 0 radical (unpaired) electrons. The van der Waals surface area contributed by atoms with E-state index in [1.807, 2.05) is 19.3 Å². The van der Waals surface area contributed by atoms with Gasteiger partial charge in [-0.2, -0.15) is 5.10 Å². The fourth-order valence-electron chi connectivity index (χ4n) is 3.40. The van der Waals surface area contributed by atoms with Crippen molar-refractivity contribution in [1.82, 2.24) is 24.7 Å². The van der Waals surface area contributed by atoms with Crippen LogP contribution in [0.15, 0.2) is 36.8 Å². The minimum absolute atomic E-state index is 0.336. The van der Waals surface area contributed by atoms with Crippen molar-refractivity contribution < 1.29 is 9.90 Å². The van der Waals surface area contributed by atoms with Crippen LogP contribution >= 0.6 is 0 Å². The predicted octanol–water partition coefficient (Wildman–Crippen LogP) is 2.72. The highest BCUT2D eigenvalue weighted by Gasteiger charge is 2.23. The zero-order valence-corrected chi connectivity index (χ0v) is 16.1. The number of nitrogens with one attached hydrogen (secondary N) is 1. The second-order valence-electron chi connectivity index (χ2n) is 7.51. The van der Waals surface area contributed by atoms with E-state index < -0.39 is 6.10 Å². The number of fused-ring (bicyclic) bond motifs is 3. The molecule has 2 N–H and O–H groups in total. The molecule has 8 nitrogen and oxygen atoms in total. The van der Waals surface area contributed by atoms with E-state index in [-0.39, 0.29) is 5.78 Å². The maximum Gasteiger partial charge on any atom is 0.223 e. The molecular weight excluding hydrogens is 368 g/mol. The fraction of sp³-hybridized carbons (Fsp3) is 0.286. The molecule has 1 atom stereocenters. The predicted molar refractivity (Wildman–Crippen MR) is 110 cm³/mol. The quantitative estimate of drug-likeness (QED) is 0.400. The summed E-state index contributed by atoms with van der Waals surface area (Å²) < 4.78 is 1.71. The van der Waals surface area contributed by atoms with Crippen molar-refractivity contribution in [2.75, 3.05) is 5.32 Å². The fourth-order valence-corrected chi connectivity index (χ4v) is 3.40. The Bertz CT molecular complexity index is 1260. The normalized spacial score (nSPS) is 15.0. The van der Waals surface area contributed by atoms with E-state index in [0.717, 1.165) is 34.7 Å². The average molecular weight is 388 g/mol. The number of ketones is 1. The van der Waals surface area contributed by atoms with Crippen LogP contribution in [0, 0.1) is 0 Å². The van der Waals surface area contributed by atoms with Gasteiger partial charge in [0.2, 0.25) is 5.95 Å². The Morgan fingerprint density at radius 3 is 2.76 bits per heavy atom. The Morgan fingerprint density at radius 1 is 1.24 bits per heavy atom. The molecule has 3 aromatic heterocycles. The summed E-state index contributed by atoms with van der Waals surface area (Å²) in [6.45, 7) is 1.46.